The van der Waals surface area contributed by atoms with E-state index in [2.05, 4.69) is 15.3 Å². The molecule has 5 nitrogen and oxygen atoms in total. The fourth-order valence-corrected chi connectivity index (χ4v) is 2.06. The standard InChI is InChI=1S/C11H17N3O2/c15-9-3-1-8(2-4-9)5-13-11(16)10-6-12-7-14-10/h6-9,15H,1-5H2,(H,12,14)(H,13,16). The molecule has 1 fully saturated rings. The number of imidazole rings is 1. The van der Waals surface area contributed by atoms with E-state index in [1.165, 1.54) is 12.5 Å². The predicted octanol–water partition coefficient (Wildman–Crippen LogP) is 0.691. The molecule has 1 aromatic rings. The number of aromatic amines is 1. The summed E-state index contributed by atoms with van der Waals surface area (Å²) >= 11 is 0. The van der Waals surface area contributed by atoms with E-state index in [4.69, 9.17) is 0 Å². The number of carbonyl (C=O) groups is 1. The van der Waals surface area contributed by atoms with Crippen molar-refractivity contribution >= 4 is 5.91 Å². The molecule has 0 saturated heterocycles. The number of nitrogens with one attached hydrogen (secondary N) is 2. The maximum Gasteiger partial charge on any atom is 0.269 e. The van der Waals surface area contributed by atoms with Gasteiger partial charge in [0.15, 0.2) is 0 Å². The SMILES string of the molecule is O=C(NCC1CCC(O)CC1)c1cnc[nH]1. The van der Waals surface area contributed by atoms with E-state index in [-0.39, 0.29) is 12.0 Å². The Labute approximate surface area is 94.3 Å². The van der Waals surface area contributed by atoms with Gasteiger partial charge >= 0.3 is 0 Å². The minimum absolute atomic E-state index is 0.108. The van der Waals surface area contributed by atoms with Crippen LogP contribution in [-0.4, -0.2) is 33.6 Å². The molecule has 1 aromatic heterocycles. The number of aliphatic hydroxyl groups is 1. The first-order chi connectivity index (χ1) is 7.75. The van der Waals surface area contributed by atoms with E-state index in [1.54, 1.807) is 0 Å². The fourth-order valence-electron chi connectivity index (χ4n) is 2.06. The van der Waals surface area contributed by atoms with Crippen LogP contribution in [0.1, 0.15) is 36.2 Å². The molecule has 1 saturated carbocycles. The third-order valence-corrected chi connectivity index (χ3v) is 3.11. The van der Waals surface area contributed by atoms with Gasteiger partial charge in [-0.3, -0.25) is 4.79 Å². The predicted molar refractivity (Wildman–Crippen MR) is 58.9 cm³/mol. The molecule has 0 bridgehead atoms. The van der Waals surface area contributed by atoms with E-state index in [9.17, 15) is 9.90 Å². The lowest BCUT2D eigenvalue weighted by Crippen LogP contribution is -2.32. The highest BCUT2D eigenvalue weighted by Gasteiger charge is 2.19. The lowest BCUT2D eigenvalue weighted by molar-refractivity contribution is 0.0906. The van der Waals surface area contributed by atoms with Crippen molar-refractivity contribution in [3.8, 4) is 0 Å². The summed E-state index contributed by atoms with van der Waals surface area (Å²) in [6.07, 6.45) is 6.55. The van der Waals surface area contributed by atoms with Crippen molar-refractivity contribution in [2.75, 3.05) is 6.54 Å². The number of hydrogen-bond acceptors (Lipinski definition) is 3. The molecule has 16 heavy (non-hydrogen) atoms. The number of aliphatic hydroxyl groups excluding tert-OH is 1. The van der Waals surface area contributed by atoms with Crippen molar-refractivity contribution in [2.24, 2.45) is 5.92 Å². The molecule has 1 aliphatic rings. The van der Waals surface area contributed by atoms with E-state index >= 15 is 0 Å². The van der Waals surface area contributed by atoms with Gasteiger partial charge in [-0.1, -0.05) is 0 Å². The molecule has 88 valence electrons. The highest BCUT2D eigenvalue weighted by molar-refractivity contribution is 5.91. The Bertz CT molecular complexity index is 329. The molecule has 3 N–H and O–H groups in total. The second-order valence-electron chi connectivity index (χ2n) is 4.35. The second-order valence-corrected chi connectivity index (χ2v) is 4.35. The molecule has 0 aliphatic heterocycles. The van der Waals surface area contributed by atoms with Gasteiger partial charge in [-0.25, -0.2) is 4.98 Å². The summed E-state index contributed by atoms with van der Waals surface area (Å²) in [6.45, 7) is 0.685. The Morgan fingerprint density at radius 2 is 2.25 bits per heavy atom. The van der Waals surface area contributed by atoms with Crippen LogP contribution >= 0.6 is 0 Å². The molecule has 1 aliphatic carbocycles. The van der Waals surface area contributed by atoms with Gasteiger partial charge in [-0.15, -0.1) is 0 Å². The summed E-state index contributed by atoms with van der Waals surface area (Å²) in [4.78, 5) is 18.1. The van der Waals surface area contributed by atoms with Crippen LogP contribution in [0.4, 0.5) is 0 Å². The molecule has 5 heteroatoms. The highest BCUT2D eigenvalue weighted by atomic mass is 16.3. The van der Waals surface area contributed by atoms with E-state index in [0.29, 0.717) is 18.2 Å². The number of rotatable bonds is 3. The molecule has 0 unspecified atom stereocenters. The lowest BCUT2D eigenvalue weighted by Gasteiger charge is -2.25. The summed E-state index contributed by atoms with van der Waals surface area (Å²) < 4.78 is 0. The fraction of sp³-hybridized carbons (Fsp3) is 0.636. The number of H-pyrrole nitrogens is 1. The average Bonchev–Trinajstić information content (AvgIpc) is 2.81. The molecule has 0 aromatic carbocycles. The van der Waals surface area contributed by atoms with Crippen molar-refractivity contribution in [1.82, 2.24) is 15.3 Å². The van der Waals surface area contributed by atoms with Gasteiger partial charge < -0.3 is 15.4 Å². The third kappa shape index (κ3) is 2.82. The molecule has 1 heterocycles. The van der Waals surface area contributed by atoms with Crippen molar-refractivity contribution in [3.05, 3.63) is 18.2 Å². The van der Waals surface area contributed by atoms with Crippen molar-refractivity contribution < 1.29 is 9.90 Å². The molecular weight excluding hydrogens is 206 g/mol. The van der Waals surface area contributed by atoms with Crippen molar-refractivity contribution in [1.29, 1.82) is 0 Å². The molecular formula is C11H17N3O2. The van der Waals surface area contributed by atoms with Crippen LogP contribution in [0.25, 0.3) is 0 Å². The van der Waals surface area contributed by atoms with Crippen LogP contribution < -0.4 is 5.32 Å². The molecule has 0 radical (unpaired) electrons. The summed E-state index contributed by atoms with van der Waals surface area (Å²) in [5.41, 5.74) is 0.496. The maximum atomic E-state index is 11.6. The van der Waals surface area contributed by atoms with Crippen molar-refractivity contribution in [2.45, 2.75) is 31.8 Å². The Hall–Kier alpha value is -1.36. The zero-order valence-electron chi connectivity index (χ0n) is 9.15. The van der Waals surface area contributed by atoms with E-state index < -0.39 is 0 Å². The normalized spacial score (nSPS) is 25.3. The van der Waals surface area contributed by atoms with Crippen LogP contribution in [0, 0.1) is 5.92 Å². The summed E-state index contributed by atoms with van der Waals surface area (Å²) in [5.74, 6) is 0.388. The lowest BCUT2D eigenvalue weighted by atomic mass is 9.87. The Kier molecular flexibility index (Phi) is 3.56. The Balaban J connectivity index is 1.73. The minimum atomic E-state index is -0.139. The van der Waals surface area contributed by atoms with Crippen LogP contribution in [0.5, 0.6) is 0 Å². The first-order valence-corrected chi connectivity index (χ1v) is 5.70. The van der Waals surface area contributed by atoms with Crippen LogP contribution in [0.15, 0.2) is 12.5 Å². The number of hydrogen-bond donors (Lipinski definition) is 3. The van der Waals surface area contributed by atoms with Crippen molar-refractivity contribution in [3.63, 3.8) is 0 Å². The topological polar surface area (TPSA) is 78.0 Å². The summed E-state index contributed by atoms with van der Waals surface area (Å²) in [6, 6.07) is 0. The van der Waals surface area contributed by atoms with Gasteiger partial charge in [-0.2, -0.15) is 0 Å². The van der Waals surface area contributed by atoms with Gasteiger partial charge in [0.05, 0.1) is 18.6 Å². The zero-order valence-corrected chi connectivity index (χ0v) is 9.15. The van der Waals surface area contributed by atoms with Gasteiger partial charge in [0.25, 0.3) is 5.91 Å². The van der Waals surface area contributed by atoms with E-state index in [1.807, 2.05) is 0 Å². The van der Waals surface area contributed by atoms with Crippen LogP contribution in [-0.2, 0) is 0 Å². The quantitative estimate of drug-likeness (QED) is 0.705. The highest BCUT2D eigenvalue weighted by Crippen LogP contribution is 2.23. The number of amides is 1. The van der Waals surface area contributed by atoms with Crippen LogP contribution in [0.2, 0.25) is 0 Å². The summed E-state index contributed by atoms with van der Waals surface area (Å²) in [5, 5.41) is 12.2. The van der Waals surface area contributed by atoms with Gasteiger partial charge in [0.1, 0.15) is 5.69 Å². The molecule has 2 rings (SSSR count). The monoisotopic (exact) mass is 223 g/mol. The molecule has 0 atom stereocenters. The number of aromatic nitrogens is 2. The third-order valence-electron chi connectivity index (χ3n) is 3.11. The number of carbonyl (C=O) groups excluding carboxylic acids is 1. The van der Waals surface area contributed by atoms with E-state index in [0.717, 1.165) is 25.7 Å². The largest absolute Gasteiger partial charge is 0.393 e. The average molecular weight is 223 g/mol. The zero-order chi connectivity index (χ0) is 11.4. The Morgan fingerprint density at radius 1 is 1.50 bits per heavy atom. The first-order valence-electron chi connectivity index (χ1n) is 5.70. The van der Waals surface area contributed by atoms with Gasteiger partial charge in [0.2, 0.25) is 0 Å². The number of nitrogens with zero attached hydrogens (tertiary/aromatic N) is 1. The van der Waals surface area contributed by atoms with Gasteiger partial charge in [-0.05, 0) is 31.6 Å². The molecule has 0 spiro atoms. The Morgan fingerprint density at radius 3 is 2.88 bits per heavy atom. The molecule has 1 amide bonds. The summed E-state index contributed by atoms with van der Waals surface area (Å²) in [7, 11) is 0. The van der Waals surface area contributed by atoms with Crippen LogP contribution in [0.3, 0.4) is 0 Å². The second kappa shape index (κ2) is 5.12. The first kappa shape index (κ1) is 11.1. The minimum Gasteiger partial charge on any atom is -0.393 e. The van der Waals surface area contributed by atoms with Gasteiger partial charge in [0, 0.05) is 6.54 Å². The maximum absolute atomic E-state index is 11.6. The smallest absolute Gasteiger partial charge is 0.269 e.